The summed E-state index contributed by atoms with van der Waals surface area (Å²) in [5, 5.41) is 0.572. The number of aromatic nitrogens is 1. The molecule has 1 aromatic carbocycles. The normalized spacial score (nSPS) is 20.5. The number of benzene rings is 1. The number of hydrogen-bond acceptors (Lipinski definition) is 3. The molecule has 120 valence electrons. The summed E-state index contributed by atoms with van der Waals surface area (Å²) >= 11 is 5.29. The SMILES string of the molecule is [O-][S+]1CCc2nc(N3CC(Cc4ccc(F)cc4)C3)cc(Cl)c21. The number of pyridine rings is 1. The molecule has 1 atom stereocenters. The van der Waals surface area contributed by atoms with E-state index in [0.29, 0.717) is 16.7 Å². The summed E-state index contributed by atoms with van der Waals surface area (Å²) in [5.41, 5.74) is 2.04. The van der Waals surface area contributed by atoms with Gasteiger partial charge in [0.15, 0.2) is 4.90 Å². The van der Waals surface area contributed by atoms with E-state index < -0.39 is 11.2 Å². The van der Waals surface area contributed by atoms with Crippen molar-refractivity contribution < 1.29 is 8.94 Å². The zero-order valence-electron chi connectivity index (χ0n) is 12.5. The van der Waals surface area contributed by atoms with Gasteiger partial charge in [-0.3, -0.25) is 0 Å². The number of halogens is 2. The lowest BCUT2D eigenvalue weighted by Crippen LogP contribution is -2.48. The van der Waals surface area contributed by atoms with Crippen molar-refractivity contribution >= 4 is 28.6 Å². The van der Waals surface area contributed by atoms with Gasteiger partial charge in [0.05, 0.1) is 0 Å². The van der Waals surface area contributed by atoms with E-state index in [1.54, 1.807) is 0 Å². The first-order valence-corrected chi connectivity index (χ1v) is 9.37. The average Bonchev–Trinajstić information content (AvgIpc) is 2.86. The van der Waals surface area contributed by atoms with Crippen LogP contribution in [0, 0.1) is 11.7 Å². The smallest absolute Gasteiger partial charge is 0.193 e. The van der Waals surface area contributed by atoms with Crippen molar-refractivity contribution in [3.05, 3.63) is 52.4 Å². The maximum atomic E-state index is 12.9. The zero-order chi connectivity index (χ0) is 16.0. The van der Waals surface area contributed by atoms with Gasteiger partial charge in [0.1, 0.15) is 28.1 Å². The van der Waals surface area contributed by atoms with Crippen LogP contribution in [0.3, 0.4) is 0 Å². The summed E-state index contributed by atoms with van der Waals surface area (Å²) in [6.07, 6.45) is 1.68. The number of fused-ring (bicyclic) bond motifs is 1. The molecule has 6 heteroatoms. The van der Waals surface area contributed by atoms with Crippen LogP contribution in [0.1, 0.15) is 11.3 Å². The maximum Gasteiger partial charge on any atom is 0.193 e. The summed E-state index contributed by atoms with van der Waals surface area (Å²) in [7, 11) is 0. The number of rotatable bonds is 3. The molecule has 0 amide bonds. The molecule has 0 aliphatic carbocycles. The van der Waals surface area contributed by atoms with E-state index >= 15 is 0 Å². The Labute approximate surface area is 142 Å². The molecule has 3 nitrogen and oxygen atoms in total. The number of anilines is 1. The van der Waals surface area contributed by atoms with Gasteiger partial charge in [0.25, 0.3) is 0 Å². The quantitative estimate of drug-likeness (QED) is 0.798. The van der Waals surface area contributed by atoms with Gasteiger partial charge in [-0.05, 0) is 41.2 Å². The Morgan fingerprint density at radius 1 is 1.30 bits per heavy atom. The fraction of sp³-hybridized carbons (Fsp3) is 0.353. The minimum Gasteiger partial charge on any atom is -0.611 e. The lowest BCUT2D eigenvalue weighted by molar-refractivity contribution is 0.404. The van der Waals surface area contributed by atoms with Crippen LogP contribution in [0.4, 0.5) is 10.2 Å². The highest BCUT2D eigenvalue weighted by Crippen LogP contribution is 2.36. The Hall–Kier alpha value is -1.30. The highest BCUT2D eigenvalue weighted by Gasteiger charge is 2.33. The van der Waals surface area contributed by atoms with Crippen LogP contribution in [0.2, 0.25) is 5.02 Å². The zero-order valence-corrected chi connectivity index (χ0v) is 14.0. The monoisotopic (exact) mass is 350 g/mol. The predicted octanol–water partition coefficient (Wildman–Crippen LogP) is 3.22. The molecule has 0 radical (unpaired) electrons. The first-order chi connectivity index (χ1) is 11.1. The molecule has 2 aliphatic rings. The number of aryl methyl sites for hydroxylation is 1. The molecule has 1 saturated heterocycles. The van der Waals surface area contributed by atoms with E-state index in [9.17, 15) is 8.94 Å². The Morgan fingerprint density at radius 3 is 2.78 bits per heavy atom. The summed E-state index contributed by atoms with van der Waals surface area (Å²) in [5.74, 6) is 1.85. The standard InChI is InChI=1S/C17H16ClFN2OS/c18-14-8-16(20-15-5-6-23(22)17(14)15)21-9-12(10-21)7-11-1-3-13(19)4-2-11/h1-4,8,12H,5-7,9-10H2. The van der Waals surface area contributed by atoms with Crippen molar-refractivity contribution in [3.8, 4) is 0 Å². The van der Waals surface area contributed by atoms with Gasteiger partial charge in [-0.15, -0.1) is 0 Å². The van der Waals surface area contributed by atoms with Gasteiger partial charge in [-0.25, -0.2) is 9.37 Å². The van der Waals surface area contributed by atoms with E-state index in [1.165, 1.54) is 12.1 Å². The molecule has 2 aromatic rings. The molecule has 0 N–H and O–H groups in total. The van der Waals surface area contributed by atoms with Crippen LogP contribution in [-0.2, 0) is 24.0 Å². The Morgan fingerprint density at radius 2 is 2.04 bits per heavy atom. The second kappa shape index (κ2) is 5.96. The summed E-state index contributed by atoms with van der Waals surface area (Å²) < 4.78 is 24.8. The number of nitrogens with zero attached hydrogens (tertiary/aromatic N) is 2. The molecule has 2 aliphatic heterocycles. The highest BCUT2D eigenvalue weighted by atomic mass is 35.5. The largest absolute Gasteiger partial charge is 0.611 e. The predicted molar refractivity (Wildman–Crippen MR) is 90.0 cm³/mol. The fourth-order valence-corrected chi connectivity index (χ4v) is 4.98. The summed E-state index contributed by atoms with van der Waals surface area (Å²) in [4.78, 5) is 7.56. The third kappa shape index (κ3) is 2.93. The van der Waals surface area contributed by atoms with Crippen LogP contribution in [0.15, 0.2) is 35.2 Å². The maximum absolute atomic E-state index is 12.9. The van der Waals surface area contributed by atoms with Gasteiger partial charge >= 0.3 is 0 Å². The topological polar surface area (TPSA) is 39.2 Å². The highest BCUT2D eigenvalue weighted by molar-refractivity contribution is 7.91. The van der Waals surface area contributed by atoms with Gasteiger partial charge in [0.2, 0.25) is 0 Å². The molecule has 0 spiro atoms. The van der Waals surface area contributed by atoms with Crippen molar-refractivity contribution in [2.45, 2.75) is 17.7 Å². The van der Waals surface area contributed by atoms with E-state index in [-0.39, 0.29) is 5.82 Å². The molecule has 3 heterocycles. The molecule has 23 heavy (non-hydrogen) atoms. The second-order valence-corrected chi connectivity index (χ2v) is 8.05. The van der Waals surface area contributed by atoms with Crippen LogP contribution < -0.4 is 4.90 Å². The molecule has 1 fully saturated rings. The Bertz CT molecular complexity index is 734. The minimum atomic E-state index is -0.994. The minimum absolute atomic E-state index is 0.196. The summed E-state index contributed by atoms with van der Waals surface area (Å²) in [6, 6.07) is 8.54. The van der Waals surface area contributed by atoms with Crippen LogP contribution in [-0.4, -0.2) is 28.4 Å². The van der Waals surface area contributed by atoms with E-state index in [1.807, 2.05) is 18.2 Å². The lowest BCUT2D eigenvalue weighted by Gasteiger charge is -2.40. The molecule has 1 aromatic heterocycles. The van der Waals surface area contributed by atoms with Crippen LogP contribution in [0.5, 0.6) is 0 Å². The Balaban J connectivity index is 1.42. The molecular formula is C17H16ClFN2OS. The lowest BCUT2D eigenvalue weighted by atomic mass is 9.92. The van der Waals surface area contributed by atoms with Crippen LogP contribution >= 0.6 is 11.6 Å². The van der Waals surface area contributed by atoms with E-state index in [2.05, 4.69) is 9.88 Å². The van der Waals surface area contributed by atoms with E-state index in [0.717, 1.165) is 47.9 Å². The summed E-state index contributed by atoms with van der Waals surface area (Å²) in [6.45, 7) is 1.84. The fourth-order valence-electron chi connectivity index (χ4n) is 3.24. The molecule has 1 unspecified atom stereocenters. The van der Waals surface area contributed by atoms with Crippen LogP contribution in [0.25, 0.3) is 0 Å². The van der Waals surface area contributed by atoms with Crippen molar-refractivity contribution in [3.63, 3.8) is 0 Å². The first kappa shape index (κ1) is 15.2. The van der Waals surface area contributed by atoms with Crippen molar-refractivity contribution in [1.29, 1.82) is 0 Å². The second-order valence-electron chi connectivity index (χ2n) is 6.14. The molecule has 4 rings (SSSR count). The van der Waals surface area contributed by atoms with Gasteiger partial charge < -0.3 is 9.45 Å². The van der Waals surface area contributed by atoms with Gasteiger partial charge in [-0.2, -0.15) is 0 Å². The third-order valence-electron chi connectivity index (χ3n) is 4.46. The molecular weight excluding hydrogens is 335 g/mol. The van der Waals surface area contributed by atoms with Crippen molar-refractivity contribution in [1.82, 2.24) is 4.98 Å². The van der Waals surface area contributed by atoms with Crippen molar-refractivity contribution in [2.75, 3.05) is 23.7 Å². The average molecular weight is 351 g/mol. The van der Waals surface area contributed by atoms with Crippen molar-refractivity contribution in [2.24, 2.45) is 5.92 Å². The number of hydrogen-bond donors (Lipinski definition) is 0. The molecule has 0 saturated carbocycles. The first-order valence-electron chi connectivity index (χ1n) is 7.67. The molecule has 0 bridgehead atoms. The van der Waals surface area contributed by atoms with Gasteiger partial charge in [-0.1, -0.05) is 23.7 Å². The van der Waals surface area contributed by atoms with E-state index in [4.69, 9.17) is 11.6 Å². The third-order valence-corrected chi connectivity index (χ3v) is 6.35. The van der Waals surface area contributed by atoms with Gasteiger partial charge in [0, 0.05) is 25.6 Å². The Kier molecular flexibility index (Phi) is 3.95.